The topological polar surface area (TPSA) is 142 Å². The van der Waals surface area contributed by atoms with Crippen LogP contribution in [0.3, 0.4) is 0 Å². The summed E-state index contributed by atoms with van der Waals surface area (Å²) in [7, 11) is 3.10. The van der Waals surface area contributed by atoms with Crippen molar-refractivity contribution in [2.75, 3.05) is 14.2 Å². The number of nitrogens with two attached hydrogens (primary N) is 2. The summed E-state index contributed by atoms with van der Waals surface area (Å²) in [5.74, 6) is 0.846. The standard InChI is InChI=1S/C18H26N4O2.C2H6.CH5N/c1-12(19)24-16(20)11-18(2,3)9-5-6-13-10-14(17(21)22)7-8-15(13)23-4;2*1-2/h5-8,10,19-20H,9,11H2,1-4H3,(H3,21,22);1-2H3;2H2,1H3/b6-5+,19-12?,20-16?;;. The number of hydrogen-bond donors (Lipinski definition) is 5. The van der Waals surface area contributed by atoms with Crippen LogP contribution in [0.5, 0.6) is 5.75 Å². The minimum absolute atomic E-state index is 0.0141. The van der Waals surface area contributed by atoms with Crippen molar-refractivity contribution in [2.45, 2.75) is 47.5 Å². The summed E-state index contributed by atoms with van der Waals surface area (Å²) in [6, 6.07) is 5.35. The third kappa shape index (κ3) is 11.1. The molecule has 0 heterocycles. The van der Waals surface area contributed by atoms with Crippen molar-refractivity contribution in [1.82, 2.24) is 0 Å². The maximum atomic E-state index is 7.77. The van der Waals surface area contributed by atoms with E-state index in [4.69, 9.17) is 31.4 Å². The lowest BCUT2D eigenvalue weighted by molar-refractivity contribution is 0.358. The molecule has 0 aliphatic heterocycles. The van der Waals surface area contributed by atoms with Gasteiger partial charge in [0.1, 0.15) is 11.6 Å². The molecule has 0 atom stereocenters. The molecule has 0 fully saturated rings. The van der Waals surface area contributed by atoms with Gasteiger partial charge in [0.2, 0.25) is 0 Å². The van der Waals surface area contributed by atoms with Crippen LogP contribution in [0.15, 0.2) is 24.3 Å². The molecule has 0 saturated carbocycles. The van der Waals surface area contributed by atoms with Crippen LogP contribution >= 0.6 is 0 Å². The fraction of sp³-hybridized carbons (Fsp3) is 0.476. The van der Waals surface area contributed by atoms with Crippen LogP contribution in [0, 0.1) is 21.6 Å². The average Bonchev–Trinajstić information content (AvgIpc) is 2.63. The molecular weight excluding hydrogens is 354 g/mol. The van der Waals surface area contributed by atoms with Crippen molar-refractivity contribution in [3.8, 4) is 5.75 Å². The van der Waals surface area contributed by atoms with E-state index in [2.05, 4.69) is 5.73 Å². The number of amidine groups is 1. The number of nitrogens with one attached hydrogen (secondary N) is 3. The van der Waals surface area contributed by atoms with E-state index < -0.39 is 0 Å². The van der Waals surface area contributed by atoms with Gasteiger partial charge in [0.15, 0.2) is 11.8 Å². The fourth-order valence-electron chi connectivity index (χ4n) is 2.26. The second-order valence-corrected chi connectivity index (χ2v) is 6.40. The van der Waals surface area contributed by atoms with Crippen LogP contribution in [-0.2, 0) is 4.74 Å². The summed E-state index contributed by atoms with van der Waals surface area (Å²) in [6.07, 6.45) is 5.10. The highest BCUT2D eigenvalue weighted by molar-refractivity contribution is 5.95. The first-order valence-corrected chi connectivity index (χ1v) is 9.22. The highest BCUT2D eigenvalue weighted by Gasteiger charge is 2.20. The SMILES string of the molecule is CC.CN.COc1ccc(C(=N)N)cc1/C=C/CC(C)(C)CC(=N)OC(C)=N. The second-order valence-electron chi connectivity index (χ2n) is 6.40. The first kappa shape index (κ1) is 27.5. The fourth-order valence-corrected chi connectivity index (χ4v) is 2.26. The molecule has 1 aromatic carbocycles. The largest absolute Gasteiger partial charge is 0.496 e. The minimum Gasteiger partial charge on any atom is -0.496 e. The summed E-state index contributed by atoms with van der Waals surface area (Å²) in [5, 5.41) is 22.6. The molecule has 28 heavy (non-hydrogen) atoms. The van der Waals surface area contributed by atoms with Gasteiger partial charge in [0, 0.05) is 24.5 Å². The number of allylic oxidation sites excluding steroid dienone is 1. The Morgan fingerprint density at radius 1 is 1.14 bits per heavy atom. The number of rotatable bonds is 7. The van der Waals surface area contributed by atoms with Crippen LogP contribution in [0.1, 0.15) is 58.6 Å². The minimum atomic E-state index is -0.172. The zero-order valence-corrected chi connectivity index (χ0v) is 18.3. The van der Waals surface area contributed by atoms with E-state index in [0.717, 1.165) is 12.0 Å². The molecule has 0 aliphatic carbocycles. The highest BCUT2D eigenvalue weighted by Crippen LogP contribution is 2.28. The molecule has 0 aromatic heterocycles. The van der Waals surface area contributed by atoms with Gasteiger partial charge in [-0.2, -0.15) is 0 Å². The normalized spacial score (nSPS) is 10.1. The number of nitrogen functional groups attached to an aromatic ring is 1. The molecular formula is C21H37N5O2. The van der Waals surface area contributed by atoms with E-state index in [-0.39, 0.29) is 23.0 Å². The van der Waals surface area contributed by atoms with Crippen molar-refractivity contribution in [3.05, 3.63) is 35.4 Å². The predicted molar refractivity (Wildman–Crippen MR) is 120 cm³/mol. The molecule has 1 rings (SSSR count). The second kappa shape index (κ2) is 14.4. The Hall–Kier alpha value is -2.67. The van der Waals surface area contributed by atoms with Crippen LogP contribution < -0.4 is 16.2 Å². The molecule has 0 amide bonds. The van der Waals surface area contributed by atoms with Gasteiger partial charge in [0.05, 0.1) is 7.11 Å². The van der Waals surface area contributed by atoms with E-state index in [0.29, 0.717) is 17.7 Å². The molecule has 1 aromatic rings. The Morgan fingerprint density at radius 2 is 1.71 bits per heavy atom. The summed E-state index contributed by atoms with van der Waals surface area (Å²) >= 11 is 0. The molecule has 0 spiro atoms. The van der Waals surface area contributed by atoms with E-state index in [1.165, 1.54) is 14.0 Å². The molecule has 0 unspecified atom stereocenters. The summed E-state index contributed by atoms with van der Waals surface area (Å²) in [4.78, 5) is 0. The Labute approximate surface area is 169 Å². The molecule has 0 saturated heterocycles. The molecule has 7 nitrogen and oxygen atoms in total. The number of hydrogen-bond acceptors (Lipinski definition) is 6. The van der Waals surface area contributed by atoms with Crippen LogP contribution in [0.4, 0.5) is 0 Å². The Kier molecular flexibility index (Phi) is 14.2. The smallest absolute Gasteiger partial charge is 0.189 e. The van der Waals surface area contributed by atoms with E-state index in [1.54, 1.807) is 19.2 Å². The Balaban J connectivity index is 0. The van der Waals surface area contributed by atoms with Crippen molar-refractivity contribution >= 4 is 23.7 Å². The van der Waals surface area contributed by atoms with Crippen LogP contribution in [-0.4, -0.2) is 31.8 Å². The third-order valence-corrected chi connectivity index (χ3v) is 3.42. The number of benzene rings is 1. The Bertz CT molecular complexity index is 667. The molecule has 0 radical (unpaired) electrons. The van der Waals surface area contributed by atoms with Gasteiger partial charge in [-0.3, -0.25) is 16.2 Å². The maximum absolute atomic E-state index is 7.77. The van der Waals surface area contributed by atoms with Gasteiger partial charge in [-0.1, -0.05) is 39.8 Å². The van der Waals surface area contributed by atoms with Gasteiger partial charge in [0.25, 0.3) is 0 Å². The monoisotopic (exact) mass is 391 g/mol. The lowest BCUT2D eigenvalue weighted by atomic mass is 9.85. The van der Waals surface area contributed by atoms with Gasteiger partial charge in [-0.15, -0.1) is 0 Å². The summed E-state index contributed by atoms with van der Waals surface area (Å²) in [5.41, 5.74) is 11.4. The van der Waals surface area contributed by atoms with Gasteiger partial charge >= 0.3 is 0 Å². The zero-order chi connectivity index (χ0) is 22.3. The molecule has 158 valence electrons. The van der Waals surface area contributed by atoms with Crippen molar-refractivity contribution in [3.63, 3.8) is 0 Å². The lowest BCUT2D eigenvalue weighted by Gasteiger charge is -2.22. The predicted octanol–water partition coefficient (Wildman–Crippen LogP) is 4.39. The van der Waals surface area contributed by atoms with Gasteiger partial charge in [-0.05, 0) is 37.1 Å². The summed E-state index contributed by atoms with van der Waals surface area (Å²) < 4.78 is 10.3. The first-order valence-electron chi connectivity index (χ1n) is 9.22. The molecule has 7 N–H and O–H groups in total. The highest BCUT2D eigenvalue weighted by atomic mass is 16.5. The Morgan fingerprint density at radius 3 is 2.18 bits per heavy atom. The number of methoxy groups -OCH3 is 1. The van der Waals surface area contributed by atoms with Gasteiger partial charge in [-0.25, -0.2) is 0 Å². The van der Waals surface area contributed by atoms with E-state index in [9.17, 15) is 0 Å². The van der Waals surface area contributed by atoms with Crippen LogP contribution in [0.25, 0.3) is 6.08 Å². The first-order chi connectivity index (χ1) is 13.1. The molecule has 0 bridgehead atoms. The zero-order valence-electron chi connectivity index (χ0n) is 18.3. The number of ether oxygens (including phenoxy) is 2. The maximum Gasteiger partial charge on any atom is 0.189 e. The molecule has 0 aliphatic rings. The van der Waals surface area contributed by atoms with E-state index in [1.807, 2.05) is 45.9 Å². The van der Waals surface area contributed by atoms with Crippen LogP contribution in [0.2, 0.25) is 0 Å². The van der Waals surface area contributed by atoms with Gasteiger partial charge < -0.3 is 20.9 Å². The molecule has 7 heteroatoms. The lowest BCUT2D eigenvalue weighted by Crippen LogP contribution is -2.19. The van der Waals surface area contributed by atoms with Crippen molar-refractivity contribution < 1.29 is 9.47 Å². The quantitative estimate of drug-likeness (QED) is 0.347. The van der Waals surface area contributed by atoms with Crippen molar-refractivity contribution in [1.29, 1.82) is 16.2 Å². The third-order valence-electron chi connectivity index (χ3n) is 3.42. The summed E-state index contributed by atoms with van der Waals surface area (Å²) in [6.45, 7) is 9.59. The average molecular weight is 392 g/mol. The van der Waals surface area contributed by atoms with E-state index >= 15 is 0 Å². The van der Waals surface area contributed by atoms with Crippen molar-refractivity contribution in [2.24, 2.45) is 16.9 Å².